The van der Waals surface area contributed by atoms with Crippen LogP contribution in [0.1, 0.15) is 16.8 Å². The summed E-state index contributed by atoms with van der Waals surface area (Å²) in [4.78, 5) is 34.3. The Morgan fingerprint density at radius 1 is 1.38 bits per heavy atom. The molecule has 0 fully saturated rings. The third-order valence-corrected chi connectivity index (χ3v) is 3.68. The Labute approximate surface area is 136 Å². The molecule has 0 bridgehead atoms. The second-order valence-corrected chi connectivity index (χ2v) is 5.37. The molecule has 1 aliphatic carbocycles. The molecule has 3 rings (SSSR count). The maximum atomic E-state index is 13.0. The molecule has 7 heteroatoms. The number of halogens is 1. The van der Waals surface area contributed by atoms with Crippen LogP contribution in [0, 0.1) is 0 Å². The fourth-order valence-corrected chi connectivity index (χ4v) is 2.41. The summed E-state index contributed by atoms with van der Waals surface area (Å²) in [6.07, 6.45) is 2.47. The van der Waals surface area contributed by atoms with Crippen molar-refractivity contribution in [1.82, 2.24) is 0 Å². The van der Waals surface area contributed by atoms with Crippen molar-refractivity contribution in [2.24, 2.45) is 0 Å². The molecule has 24 heavy (non-hydrogen) atoms. The molecule has 1 aliphatic heterocycles. The number of ether oxygens (including phenoxy) is 2. The van der Waals surface area contributed by atoms with Gasteiger partial charge in [-0.15, -0.1) is 0 Å². The maximum Gasteiger partial charge on any atom is 0.376 e. The van der Waals surface area contributed by atoms with E-state index in [4.69, 9.17) is 14.6 Å². The first-order valence-corrected chi connectivity index (χ1v) is 7.22. The number of fused-ring (bicyclic) bond motifs is 1. The summed E-state index contributed by atoms with van der Waals surface area (Å²) < 4.78 is 23.6. The van der Waals surface area contributed by atoms with Crippen molar-refractivity contribution in [1.29, 1.82) is 0 Å². The molecule has 2 aliphatic rings. The Kier molecular flexibility index (Phi) is 4.16. The third kappa shape index (κ3) is 3.05. The molecule has 0 radical (unpaired) electrons. The molecular weight excluding hydrogens is 319 g/mol. The number of carbonyl (C=O) groups is 3. The van der Waals surface area contributed by atoms with Gasteiger partial charge in [0, 0.05) is 6.42 Å². The molecule has 0 amide bonds. The number of carbonyl (C=O) groups excluding carboxylic acids is 2. The molecule has 1 aromatic rings. The van der Waals surface area contributed by atoms with Crippen LogP contribution in [0.4, 0.5) is 4.39 Å². The van der Waals surface area contributed by atoms with Crippen LogP contribution in [0.5, 0.6) is 11.5 Å². The van der Waals surface area contributed by atoms with E-state index in [1.165, 1.54) is 18.2 Å². The quantitative estimate of drug-likeness (QED) is 0.654. The normalized spacial score (nSPS) is 21.7. The van der Waals surface area contributed by atoms with Crippen molar-refractivity contribution in [2.75, 3.05) is 6.61 Å². The van der Waals surface area contributed by atoms with E-state index in [0.29, 0.717) is 12.2 Å². The number of aliphatic carboxylic acids is 1. The first kappa shape index (κ1) is 15.9. The van der Waals surface area contributed by atoms with Gasteiger partial charge in [0.2, 0.25) is 11.9 Å². The van der Waals surface area contributed by atoms with E-state index >= 15 is 0 Å². The summed E-state index contributed by atoms with van der Waals surface area (Å²) in [6.45, 7) is 0.203. The standard InChI is InChI=1S/C17H13FO6/c18-10-3-1-9(2-4-10)8-23-11-5-6-13-12(7-11)14(19)16(24-13)15(20)17(21)22/h1-3,5-7,10,16H,4,8H2,(H,21,22). The topological polar surface area (TPSA) is 89.9 Å². The van der Waals surface area contributed by atoms with Crippen molar-refractivity contribution >= 4 is 17.5 Å². The molecule has 1 N–H and O–H groups in total. The Balaban J connectivity index is 1.70. The molecule has 0 saturated carbocycles. The lowest BCUT2D eigenvalue weighted by molar-refractivity contribution is -0.151. The summed E-state index contributed by atoms with van der Waals surface area (Å²) in [6, 6.07) is 4.39. The van der Waals surface area contributed by atoms with Crippen LogP contribution < -0.4 is 9.47 Å². The predicted molar refractivity (Wildman–Crippen MR) is 80.1 cm³/mol. The number of carboxylic acid groups (broad SMARTS) is 1. The molecular formula is C17H13FO6. The van der Waals surface area contributed by atoms with E-state index in [1.54, 1.807) is 18.2 Å². The molecule has 0 spiro atoms. The van der Waals surface area contributed by atoms with E-state index in [2.05, 4.69) is 0 Å². The number of rotatable bonds is 5. The second-order valence-electron chi connectivity index (χ2n) is 5.37. The molecule has 1 heterocycles. The van der Waals surface area contributed by atoms with Crippen molar-refractivity contribution in [3.05, 3.63) is 47.6 Å². The highest BCUT2D eigenvalue weighted by Crippen LogP contribution is 2.32. The number of benzene rings is 1. The van der Waals surface area contributed by atoms with Gasteiger partial charge in [-0.3, -0.25) is 9.59 Å². The SMILES string of the molecule is O=C(O)C(=O)C1Oc2ccc(OCC3=CCC(F)C=C3)cc2C1=O. The molecule has 6 nitrogen and oxygen atoms in total. The summed E-state index contributed by atoms with van der Waals surface area (Å²) in [5.74, 6) is -3.23. The zero-order valence-electron chi connectivity index (χ0n) is 12.4. The zero-order chi connectivity index (χ0) is 17.3. The van der Waals surface area contributed by atoms with E-state index < -0.39 is 29.8 Å². The number of carboxylic acids is 1. The van der Waals surface area contributed by atoms with Gasteiger partial charge in [-0.1, -0.05) is 18.2 Å². The van der Waals surface area contributed by atoms with E-state index in [0.717, 1.165) is 5.57 Å². The monoisotopic (exact) mass is 332 g/mol. The number of alkyl halides is 1. The van der Waals surface area contributed by atoms with Crippen LogP contribution in [-0.2, 0) is 9.59 Å². The minimum atomic E-state index is -1.72. The van der Waals surface area contributed by atoms with Crippen molar-refractivity contribution < 1.29 is 33.4 Å². The van der Waals surface area contributed by atoms with Gasteiger partial charge in [0.25, 0.3) is 5.78 Å². The van der Waals surface area contributed by atoms with Gasteiger partial charge < -0.3 is 14.6 Å². The van der Waals surface area contributed by atoms with Gasteiger partial charge in [0.15, 0.2) is 0 Å². The number of Topliss-reactive ketones (excluding diaryl/α,β-unsaturated/α-hetero) is 2. The number of allylic oxidation sites excluding steroid dienone is 2. The smallest absolute Gasteiger partial charge is 0.376 e. The van der Waals surface area contributed by atoms with Crippen molar-refractivity contribution in [2.45, 2.75) is 18.7 Å². The second kappa shape index (κ2) is 6.27. The molecule has 1 aromatic carbocycles. The lowest BCUT2D eigenvalue weighted by Gasteiger charge is -2.11. The summed E-state index contributed by atoms with van der Waals surface area (Å²) >= 11 is 0. The van der Waals surface area contributed by atoms with Crippen LogP contribution in [0.2, 0.25) is 0 Å². The van der Waals surface area contributed by atoms with Crippen molar-refractivity contribution in [3.8, 4) is 11.5 Å². The third-order valence-electron chi connectivity index (χ3n) is 3.68. The molecule has 0 aromatic heterocycles. The van der Waals surface area contributed by atoms with Gasteiger partial charge in [0.05, 0.1) is 5.56 Å². The van der Waals surface area contributed by atoms with Gasteiger partial charge in [-0.25, -0.2) is 9.18 Å². The number of hydrogen-bond acceptors (Lipinski definition) is 5. The average molecular weight is 332 g/mol. The van der Waals surface area contributed by atoms with Crippen LogP contribution in [-0.4, -0.2) is 41.5 Å². The molecule has 124 valence electrons. The van der Waals surface area contributed by atoms with Crippen molar-refractivity contribution in [3.63, 3.8) is 0 Å². The van der Waals surface area contributed by atoms with Crippen LogP contribution in [0.3, 0.4) is 0 Å². The van der Waals surface area contributed by atoms with Crippen LogP contribution in [0.25, 0.3) is 0 Å². The fourth-order valence-electron chi connectivity index (χ4n) is 2.41. The Morgan fingerprint density at radius 3 is 2.83 bits per heavy atom. The maximum absolute atomic E-state index is 13.0. The number of ketones is 2. The van der Waals surface area contributed by atoms with E-state index in [9.17, 15) is 18.8 Å². The zero-order valence-corrected chi connectivity index (χ0v) is 12.4. The number of hydrogen-bond donors (Lipinski definition) is 1. The van der Waals surface area contributed by atoms with E-state index in [1.807, 2.05) is 0 Å². The van der Waals surface area contributed by atoms with E-state index in [-0.39, 0.29) is 17.9 Å². The predicted octanol–water partition coefficient (Wildman–Crippen LogP) is 1.89. The highest BCUT2D eigenvalue weighted by molar-refractivity contribution is 6.41. The Bertz CT molecular complexity index is 779. The minimum Gasteiger partial charge on any atom is -0.489 e. The summed E-state index contributed by atoms with van der Waals surface area (Å²) in [7, 11) is 0. The lowest BCUT2D eigenvalue weighted by Crippen LogP contribution is -2.36. The fraction of sp³-hybridized carbons (Fsp3) is 0.235. The van der Waals surface area contributed by atoms with Gasteiger partial charge in [-0.2, -0.15) is 0 Å². The van der Waals surface area contributed by atoms with Crippen LogP contribution in [0.15, 0.2) is 42.0 Å². The molecule has 2 atom stereocenters. The first-order valence-electron chi connectivity index (χ1n) is 7.22. The Morgan fingerprint density at radius 2 is 2.17 bits per heavy atom. The summed E-state index contributed by atoms with van der Waals surface area (Å²) in [5, 5.41) is 8.70. The first-order chi connectivity index (χ1) is 11.5. The highest BCUT2D eigenvalue weighted by atomic mass is 19.1. The Hall–Kier alpha value is -2.96. The largest absolute Gasteiger partial charge is 0.489 e. The lowest BCUT2D eigenvalue weighted by atomic mass is 10.1. The van der Waals surface area contributed by atoms with Gasteiger partial charge in [-0.05, 0) is 23.8 Å². The average Bonchev–Trinajstić information content (AvgIpc) is 2.90. The minimum absolute atomic E-state index is 0.101. The highest BCUT2D eigenvalue weighted by Gasteiger charge is 2.41. The van der Waals surface area contributed by atoms with Gasteiger partial charge >= 0.3 is 5.97 Å². The molecule has 0 saturated heterocycles. The van der Waals surface area contributed by atoms with Gasteiger partial charge in [0.1, 0.15) is 24.3 Å². The summed E-state index contributed by atoms with van der Waals surface area (Å²) in [5.41, 5.74) is 0.912. The molecule has 2 unspecified atom stereocenters. The van der Waals surface area contributed by atoms with Crippen LogP contribution >= 0.6 is 0 Å².